The topological polar surface area (TPSA) is 93.4 Å². The van der Waals surface area contributed by atoms with Gasteiger partial charge in [-0.1, -0.05) is 12.1 Å². The first-order valence-corrected chi connectivity index (χ1v) is 11.2. The number of fused-ring (bicyclic) bond motifs is 3. The molecule has 2 aromatic heterocycles. The molecule has 0 radical (unpaired) electrons. The fourth-order valence-corrected chi connectivity index (χ4v) is 4.07. The zero-order chi connectivity index (χ0) is 21.5. The molecule has 2 aliphatic rings. The summed E-state index contributed by atoms with van der Waals surface area (Å²) in [6.07, 6.45) is 5.34. The third kappa shape index (κ3) is 3.62. The predicted molar refractivity (Wildman–Crippen MR) is 122 cm³/mol. The van der Waals surface area contributed by atoms with Crippen molar-refractivity contribution < 1.29 is 9.53 Å². The lowest BCUT2D eigenvalue weighted by Crippen LogP contribution is -2.38. The summed E-state index contributed by atoms with van der Waals surface area (Å²) in [5.74, 6) is 1.99. The lowest BCUT2D eigenvalue weighted by Gasteiger charge is -2.16. The van der Waals surface area contributed by atoms with Crippen molar-refractivity contribution in [1.29, 1.82) is 0 Å². The van der Waals surface area contributed by atoms with Crippen molar-refractivity contribution in [3.63, 3.8) is 0 Å². The van der Waals surface area contributed by atoms with Gasteiger partial charge in [-0.2, -0.15) is 4.52 Å². The SMILES string of the molecule is O=C1NCCCC[C@H]1Nc1nc2ccccc2c2nc(-c3ccc(OC4CC4)cc3)nn12. The fourth-order valence-electron chi connectivity index (χ4n) is 4.07. The molecule has 2 N–H and O–H groups in total. The van der Waals surface area contributed by atoms with Crippen LogP contribution in [0, 0.1) is 0 Å². The molecule has 0 spiro atoms. The van der Waals surface area contributed by atoms with Crippen molar-refractivity contribution >= 4 is 28.4 Å². The van der Waals surface area contributed by atoms with E-state index in [1.54, 1.807) is 4.52 Å². The molecule has 162 valence electrons. The summed E-state index contributed by atoms with van der Waals surface area (Å²) in [5, 5.41) is 12.0. The van der Waals surface area contributed by atoms with Crippen molar-refractivity contribution in [1.82, 2.24) is 24.9 Å². The molecule has 1 atom stereocenters. The van der Waals surface area contributed by atoms with Crippen LogP contribution >= 0.6 is 0 Å². The molecule has 32 heavy (non-hydrogen) atoms. The summed E-state index contributed by atoms with van der Waals surface area (Å²) < 4.78 is 7.57. The van der Waals surface area contributed by atoms with Crippen molar-refractivity contribution in [3.8, 4) is 17.1 Å². The lowest BCUT2D eigenvalue weighted by molar-refractivity contribution is -0.121. The number of aromatic nitrogens is 4. The third-order valence-electron chi connectivity index (χ3n) is 5.96. The van der Waals surface area contributed by atoms with Crippen LogP contribution in [-0.4, -0.2) is 44.2 Å². The van der Waals surface area contributed by atoms with E-state index in [0.29, 0.717) is 30.1 Å². The van der Waals surface area contributed by atoms with Gasteiger partial charge in [0, 0.05) is 17.5 Å². The number of carbonyl (C=O) groups is 1. The monoisotopic (exact) mass is 428 g/mol. The summed E-state index contributed by atoms with van der Waals surface area (Å²) in [4.78, 5) is 22.1. The average Bonchev–Trinajstić information content (AvgIpc) is 3.55. The van der Waals surface area contributed by atoms with Crippen LogP contribution in [0.15, 0.2) is 48.5 Å². The van der Waals surface area contributed by atoms with Gasteiger partial charge in [-0.25, -0.2) is 9.97 Å². The fraction of sp³-hybridized carbons (Fsp3) is 0.333. The number of nitrogens with zero attached hydrogens (tertiary/aromatic N) is 4. The average molecular weight is 428 g/mol. The van der Waals surface area contributed by atoms with E-state index in [1.807, 2.05) is 48.5 Å². The summed E-state index contributed by atoms with van der Waals surface area (Å²) in [5.41, 5.74) is 2.42. The van der Waals surface area contributed by atoms with Crippen LogP contribution in [0.5, 0.6) is 5.75 Å². The van der Waals surface area contributed by atoms with Gasteiger partial charge in [0.1, 0.15) is 11.8 Å². The molecule has 1 saturated heterocycles. The highest BCUT2D eigenvalue weighted by atomic mass is 16.5. The Hall–Kier alpha value is -3.68. The molecular formula is C24H24N6O2. The molecule has 3 heterocycles. The van der Waals surface area contributed by atoms with Gasteiger partial charge in [-0.15, -0.1) is 5.10 Å². The molecule has 2 fully saturated rings. The van der Waals surface area contributed by atoms with Crippen molar-refractivity contribution in [2.75, 3.05) is 11.9 Å². The Labute approximate surface area is 185 Å². The molecule has 2 aromatic carbocycles. The minimum absolute atomic E-state index is 0.00259. The van der Waals surface area contributed by atoms with Crippen LogP contribution in [0.25, 0.3) is 27.9 Å². The second-order valence-electron chi connectivity index (χ2n) is 8.45. The minimum atomic E-state index is -0.346. The summed E-state index contributed by atoms with van der Waals surface area (Å²) >= 11 is 0. The molecule has 1 aliphatic heterocycles. The number of hydrogen-bond acceptors (Lipinski definition) is 6. The molecular weight excluding hydrogens is 404 g/mol. The Bertz CT molecular complexity index is 1300. The largest absolute Gasteiger partial charge is 0.490 e. The van der Waals surface area contributed by atoms with E-state index in [4.69, 9.17) is 19.8 Å². The van der Waals surface area contributed by atoms with E-state index in [-0.39, 0.29) is 11.9 Å². The summed E-state index contributed by atoms with van der Waals surface area (Å²) in [7, 11) is 0. The number of rotatable bonds is 5. The highest BCUT2D eigenvalue weighted by Gasteiger charge is 2.24. The van der Waals surface area contributed by atoms with Crippen molar-refractivity contribution in [2.24, 2.45) is 0 Å². The van der Waals surface area contributed by atoms with Crippen LogP contribution in [0.4, 0.5) is 5.95 Å². The number of ether oxygens (including phenoxy) is 1. The van der Waals surface area contributed by atoms with Gasteiger partial charge in [-0.3, -0.25) is 4.79 Å². The summed E-state index contributed by atoms with van der Waals surface area (Å²) in [6, 6.07) is 15.4. The third-order valence-corrected chi connectivity index (χ3v) is 5.96. The molecule has 0 bridgehead atoms. The highest BCUT2D eigenvalue weighted by Crippen LogP contribution is 2.29. The van der Waals surface area contributed by atoms with Gasteiger partial charge in [-0.05, 0) is 68.5 Å². The van der Waals surface area contributed by atoms with Crippen LogP contribution in [-0.2, 0) is 4.79 Å². The van der Waals surface area contributed by atoms with Crippen molar-refractivity contribution in [3.05, 3.63) is 48.5 Å². The summed E-state index contributed by atoms with van der Waals surface area (Å²) in [6.45, 7) is 0.714. The number of nitrogens with one attached hydrogen (secondary N) is 2. The van der Waals surface area contributed by atoms with E-state index in [9.17, 15) is 4.79 Å². The minimum Gasteiger partial charge on any atom is -0.490 e. The maximum absolute atomic E-state index is 12.5. The second kappa shape index (κ2) is 7.78. The van der Waals surface area contributed by atoms with Gasteiger partial charge in [0.15, 0.2) is 11.5 Å². The maximum atomic E-state index is 12.5. The number of amides is 1. The van der Waals surface area contributed by atoms with Gasteiger partial charge in [0.05, 0.1) is 11.6 Å². The highest BCUT2D eigenvalue weighted by molar-refractivity contribution is 5.93. The standard InChI is InChI=1S/C24H24N6O2/c31-23-20(7-3-4-14-25-23)27-24-26-19-6-2-1-5-18(19)22-28-21(29-30(22)24)15-8-10-16(11-9-15)32-17-12-13-17/h1-2,5-6,8-11,17,20H,3-4,7,12-14H2,(H,25,31)(H,26,27)/t20-/m1/s1. The molecule has 6 rings (SSSR count). The molecule has 1 amide bonds. The van der Waals surface area contributed by atoms with Gasteiger partial charge in [0.25, 0.3) is 0 Å². The smallest absolute Gasteiger partial charge is 0.242 e. The van der Waals surface area contributed by atoms with Crippen LogP contribution in [0.3, 0.4) is 0 Å². The van der Waals surface area contributed by atoms with E-state index in [1.165, 1.54) is 0 Å². The number of carbonyl (C=O) groups excluding carboxylic acids is 1. The predicted octanol–water partition coefficient (Wildman–Crippen LogP) is 3.57. The Kier molecular flexibility index (Phi) is 4.63. The Morgan fingerprint density at radius 2 is 1.84 bits per heavy atom. The van der Waals surface area contributed by atoms with Gasteiger partial charge in [0.2, 0.25) is 11.9 Å². The molecule has 8 heteroatoms. The zero-order valence-corrected chi connectivity index (χ0v) is 17.6. The first-order valence-electron chi connectivity index (χ1n) is 11.2. The number of benzene rings is 2. The van der Waals surface area contributed by atoms with Crippen molar-refractivity contribution in [2.45, 2.75) is 44.2 Å². The molecule has 1 aliphatic carbocycles. The number of para-hydroxylation sites is 1. The van der Waals surface area contributed by atoms with Gasteiger partial charge < -0.3 is 15.4 Å². The second-order valence-corrected chi connectivity index (χ2v) is 8.45. The van der Waals surface area contributed by atoms with Gasteiger partial charge >= 0.3 is 0 Å². The Morgan fingerprint density at radius 1 is 1.00 bits per heavy atom. The normalized spacial score (nSPS) is 19.0. The Morgan fingerprint density at radius 3 is 2.69 bits per heavy atom. The van der Waals surface area contributed by atoms with E-state index >= 15 is 0 Å². The Balaban J connectivity index is 1.41. The first kappa shape index (κ1) is 19.0. The van der Waals surface area contributed by atoms with E-state index < -0.39 is 0 Å². The molecule has 0 unspecified atom stereocenters. The van der Waals surface area contributed by atoms with E-state index in [0.717, 1.165) is 54.3 Å². The van der Waals surface area contributed by atoms with Crippen LogP contribution in [0.2, 0.25) is 0 Å². The van der Waals surface area contributed by atoms with Crippen LogP contribution in [0.1, 0.15) is 32.1 Å². The van der Waals surface area contributed by atoms with Crippen LogP contribution < -0.4 is 15.4 Å². The maximum Gasteiger partial charge on any atom is 0.242 e. The quantitative estimate of drug-likeness (QED) is 0.505. The molecule has 8 nitrogen and oxygen atoms in total. The first-order chi connectivity index (χ1) is 15.7. The zero-order valence-electron chi connectivity index (χ0n) is 17.6. The number of hydrogen-bond donors (Lipinski definition) is 2. The lowest BCUT2D eigenvalue weighted by atomic mass is 10.1. The molecule has 4 aromatic rings. The number of anilines is 1. The molecule has 1 saturated carbocycles. The van der Waals surface area contributed by atoms with E-state index in [2.05, 4.69) is 10.6 Å².